The van der Waals surface area contributed by atoms with Gasteiger partial charge in [0.2, 0.25) is 5.91 Å². The van der Waals surface area contributed by atoms with Crippen LogP contribution in [0.1, 0.15) is 91.9 Å². The van der Waals surface area contributed by atoms with E-state index in [1.807, 2.05) is 4.90 Å². The van der Waals surface area contributed by atoms with Crippen LogP contribution in [0.3, 0.4) is 0 Å². The van der Waals surface area contributed by atoms with Crippen molar-refractivity contribution in [2.75, 3.05) is 19.7 Å². The maximum atomic E-state index is 12.4. The van der Waals surface area contributed by atoms with E-state index < -0.39 is 6.04 Å². The number of nitrogens with two attached hydrogens (primary N) is 1. The van der Waals surface area contributed by atoms with Gasteiger partial charge in [0, 0.05) is 19.5 Å². The zero-order valence-electron chi connectivity index (χ0n) is 17.6. The molecule has 26 heavy (non-hydrogen) atoms. The summed E-state index contributed by atoms with van der Waals surface area (Å²) in [7, 11) is 0. The lowest BCUT2D eigenvalue weighted by Gasteiger charge is -2.23. The van der Waals surface area contributed by atoms with Crippen LogP contribution in [0.4, 0.5) is 0 Å². The molecule has 0 saturated heterocycles. The number of amides is 1. The molecule has 0 radical (unpaired) electrons. The van der Waals surface area contributed by atoms with Crippen LogP contribution in [-0.4, -0.2) is 42.5 Å². The van der Waals surface area contributed by atoms with E-state index in [9.17, 15) is 9.59 Å². The molecule has 0 aromatic heterocycles. The molecule has 2 atom stereocenters. The standard InChI is InChI=1S/C21H42N2O3/c1-5-9-12-18(8-4)17-26-21(25)19(22)13-14-20(24)23(15-10-6-2)16-11-7-3/h18-19H,5-17,22H2,1-4H3/t18?,19-/m0/s1. The van der Waals surface area contributed by atoms with E-state index in [-0.39, 0.29) is 11.9 Å². The van der Waals surface area contributed by atoms with Gasteiger partial charge in [-0.05, 0) is 31.6 Å². The Hall–Kier alpha value is -1.10. The molecule has 1 unspecified atom stereocenters. The highest BCUT2D eigenvalue weighted by molar-refractivity contribution is 5.79. The molecule has 0 fully saturated rings. The molecule has 2 N–H and O–H groups in total. The van der Waals surface area contributed by atoms with Crippen molar-refractivity contribution in [2.24, 2.45) is 11.7 Å². The van der Waals surface area contributed by atoms with E-state index in [0.29, 0.717) is 25.4 Å². The van der Waals surface area contributed by atoms with Crippen molar-refractivity contribution in [1.82, 2.24) is 4.90 Å². The Morgan fingerprint density at radius 2 is 1.50 bits per heavy atom. The predicted octanol–water partition coefficient (Wildman–Crippen LogP) is 4.28. The molecule has 5 heteroatoms. The summed E-state index contributed by atoms with van der Waals surface area (Å²) in [6, 6.07) is -0.707. The lowest BCUT2D eigenvalue weighted by molar-refractivity contribution is -0.147. The molecular formula is C21H42N2O3. The largest absolute Gasteiger partial charge is 0.464 e. The van der Waals surface area contributed by atoms with E-state index in [2.05, 4.69) is 27.7 Å². The van der Waals surface area contributed by atoms with Crippen LogP contribution >= 0.6 is 0 Å². The van der Waals surface area contributed by atoms with Gasteiger partial charge >= 0.3 is 5.97 Å². The van der Waals surface area contributed by atoms with Gasteiger partial charge in [0.15, 0.2) is 0 Å². The summed E-state index contributed by atoms with van der Waals surface area (Å²) in [4.78, 5) is 26.4. The third-order valence-corrected chi connectivity index (χ3v) is 4.89. The van der Waals surface area contributed by atoms with Crippen molar-refractivity contribution in [3.8, 4) is 0 Å². The first-order valence-electron chi connectivity index (χ1n) is 10.7. The smallest absolute Gasteiger partial charge is 0.322 e. The van der Waals surface area contributed by atoms with Crippen LogP contribution < -0.4 is 5.73 Å². The van der Waals surface area contributed by atoms with Crippen LogP contribution in [-0.2, 0) is 14.3 Å². The molecule has 0 rings (SSSR count). The van der Waals surface area contributed by atoms with Gasteiger partial charge in [0.25, 0.3) is 0 Å². The summed E-state index contributed by atoms with van der Waals surface area (Å²) in [6.07, 6.45) is 9.23. The molecule has 0 aliphatic heterocycles. The highest BCUT2D eigenvalue weighted by Crippen LogP contribution is 2.13. The van der Waals surface area contributed by atoms with Crippen LogP contribution in [0, 0.1) is 5.92 Å². The van der Waals surface area contributed by atoms with Crippen molar-refractivity contribution >= 4 is 11.9 Å². The van der Waals surface area contributed by atoms with Gasteiger partial charge in [-0.25, -0.2) is 0 Å². The molecule has 0 spiro atoms. The van der Waals surface area contributed by atoms with Gasteiger partial charge in [-0.1, -0.05) is 59.8 Å². The van der Waals surface area contributed by atoms with Crippen molar-refractivity contribution in [2.45, 2.75) is 97.9 Å². The summed E-state index contributed by atoms with van der Waals surface area (Å²) in [5, 5.41) is 0. The van der Waals surface area contributed by atoms with Gasteiger partial charge in [0.1, 0.15) is 6.04 Å². The Balaban J connectivity index is 4.27. The minimum absolute atomic E-state index is 0.101. The van der Waals surface area contributed by atoms with Gasteiger partial charge in [0.05, 0.1) is 6.61 Å². The third-order valence-electron chi connectivity index (χ3n) is 4.89. The van der Waals surface area contributed by atoms with Crippen LogP contribution in [0.25, 0.3) is 0 Å². The topological polar surface area (TPSA) is 72.6 Å². The maximum Gasteiger partial charge on any atom is 0.322 e. The summed E-state index contributed by atoms with van der Waals surface area (Å²) in [5.74, 6) is 0.136. The number of carbonyl (C=O) groups excluding carboxylic acids is 2. The zero-order valence-corrected chi connectivity index (χ0v) is 17.6. The Morgan fingerprint density at radius 3 is 2.00 bits per heavy atom. The Morgan fingerprint density at radius 1 is 0.923 bits per heavy atom. The molecule has 0 bridgehead atoms. The van der Waals surface area contributed by atoms with E-state index >= 15 is 0 Å². The molecule has 0 aliphatic carbocycles. The first-order valence-corrected chi connectivity index (χ1v) is 10.7. The second-order valence-electron chi connectivity index (χ2n) is 7.28. The van der Waals surface area contributed by atoms with Crippen molar-refractivity contribution in [3.63, 3.8) is 0 Å². The first-order chi connectivity index (χ1) is 12.5. The molecule has 0 heterocycles. The van der Waals surface area contributed by atoms with Crippen molar-refractivity contribution in [1.29, 1.82) is 0 Å². The molecular weight excluding hydrogens is 328 g/mol. The minimum Gasteiger partial charge on any atom is -0.464 e. The van der Waals surface area contributed by atoms with Gasteiger partial charge in [-0.15, -0.1) is 0 Å². The number of esters is 1. The molecule has 0 aromatic carbocycles. The van der Waals surface area contributed by atoms with E-state index in [1.54, 1.807) is 0 Å². The highest BCUT2D eigenvalue weighted by Gasteiger charge is 2.20. The maximum absolute atomic E-state index is 12.4. The fourth-order valence-corrected chi connectivity index (χ4v) is 2.82. The van der Waals surface area contributed by atoms with E-state index in [0.717, 1.165) is 64.5 Å². The highest BCUT2D eigenvalue weighted by atomic mass is 16.5. The van der Waals surface area contributed by atoms with Crippen molar-refractivity contribution in [3.05, 3.63) is 0 Å². The monoisotopic (exact) mass is 370 g/mol. The van der Waals surface area contributed by atoms with E-state index in [4.69, 9.17) is 10.5 Å². The van der Waals surface area contributed by atoms with Gasteiger partial charge in [-0.3, -0.25) is 9.59 Å². The fourth-order valence-electron chi connectivity index (χ4n) is 2.82. The minimum atomic E-state index is -0.707. The van der Waals surface area contributed by atoms with Crippen LogP contribution in [0.2, 0.25) is 0 Å². The molecule has 5 nitrogen and oxygen atoms in total. The molecule has 154 valence electrons. The Bertz CT molecular complexity index is 366. The number of hydrogen-bond donors (Lipinski definition) is 1. The Labute approximate surface area is 161 Å². The summed E-state index contributed by atoms with van der Waals surface area (Å²) in [5.41, 5.74) is 5.95. The average molecular weight is 371 g/mol. The SMILES string of the molecule is CCCCC(CC)COC(=O)[C@@H](N)CCC(=O)N(CCCC)CCCC. The number of hydrogen-bond acceptors (Lipinski definition) is 4. The molecule has 0 saturated carbocycles. The van der Waals surface area contributed by atoms with Gasteiger partial charge in [-0.2, -0.15) is 0 Å². The first kappa shape index (κ1) is 24.9. The van der Waals surface area contributed by atoms with Gasteiger partial charge < -0.3 is 15.4 Å². The average Bonchev–Trinajstić information content (AvgIpc) is 2.65. The summed E-state index contributed by atoms with van der Waals surface area (Å²) < 4.78 is 5.39. The fraction of sp³-hybridized carbons (Fsp3) is 0.905. The second kappa shape index (κ2) is 16.1. The lowest BCUT2D eigenvalue weighted by atomic mass is 10.0. The number of ether oxygens (including phenoxy) is 1. The number of unbranched alkanes of at least 4 members (excludes halogenated alkanes) is 3. The summed E-state index contributed by atoms with van der Waals surface area (Å²) >= 11 is 0. The number of nitrogens with zero attached hydrogens (tertiary/aromatic N) is 1. The van der Waals surface area contributed by atoms with Crippen LogP contribution in [0.15, 0.2) is 0 Å². The molecule has 0 aliphatic rings. The Kier molecular flexibility index (Phi) is 15.4. The number of carbonyl (C=O) groups is 2. The second-order valence-corrected chi connectivity index (χ2v) is 7.28. The van der Waals surface area contributed by atoms with Crippen molar-refractivity contribution < 1.29 is 14.3 Å². The quantitative estimate of drug-likeness (QED) is 0.412. The normalized spacial score (nSPS) is 13.3. The number of rotatable bonds is 16. The molecule has 1 amide bonds. The zero-order chi connectivity index (χ0) is 19.8. The molecule has 0 aromatic rings. The predicted molar refractivity (Wildman–Crippen MR) is 108 cm³/mol. The van der Waals surface area contributed by atoms with Crippen LogP contribution in [0.5, 0.6) is 0 Å². The van der Waals surface area contributed by atoms with E-state index in [1.165, 1.54) is 0 Å². The lowest BCUT2D eigenvalue weighted by Crippen LogP contribution is -2.37. The third kappa shape index (κ3) is 11.5. The summed E-state index contributed by atoms with van der Waals surface area (Å²) in [6.45, 7) is 10.6.